The van der Waals surface area contributed by atoms with E-state index in [-0.39, 0.29) is 0 Å². The molecule has 1 aromatic heterocycles. The number of aryl methyl sites for hydroxylation is 2. The first-order valence-corrected chi connectivity index (χ1v) is 5.38. The van der Waals surface area contributed by atoms with Crippen molar-refractivity contribution in [1.29, 1.82) is 0 Å². The highest BCUT2D eigenvalue weighted by Crippen LogP contribution is 1.93. The molecule has 0 spiro atoms. The molecule has 1 heteroatoms. The van der Waals surface area contributed by atoms with E-state index in [1.54, 1.807) is 0 Å². The zero-order chi connectivity index (χ0) is 11.3. The molecule has 80 valence electrons. The quantitative estimate of drug-likeness (QED) is 0.564. The van der Waals surface area contributed by atoms with Gasteiger partial charge in [-0.1, -0.05) is 41.5 Å². The largest absolute Gasteiger partial charge is 0.355 e. The number of hydrogen-bond donors (Lipinski definition) is 0. The van der Waals surface area contributed by atoms with Crippen LogP contribution in [0.4, 0.5) is 0 Å². The summed E-state index contributed by atoms with van der Waals surface area (Å²) in [7, 11) is 2.04. The summed E-state index contributed by atoms with van der Waals surface area (Å²) in [6.45, 7) is 14.1. The minimum Gasteiger partial charge on any atom is -0.355 e. The highest BCUT2D eigenvalue weighted by atomic mass is 14.9. The second-order valence-corrected chi connectivity index (χ2v) is 1.76. The SMILES string of the molecule is CC.CC.CC.Cc1cccn1C. The smallest absolute Gasteiger partial charge is 0.0140 e. The van der Waals surface area contributed by atoms with Crippen LogP contribution in [0.15, 0.2) is 18.3 Å². The van der Waals surface area contributed by atoms with Gasteiger partial charge in [-0.3, -0.25) is 0 Å². The zero-order valence-corrected chi connectivity index (χ0v) is 10.7. The Labute approximate surface area is 84.8 Å². The van der Waals surface area contributed by atoms with Crippen molar-refractivity contribution < 1.29 is 0 Å². The van der Waals surface area contributed by atoms with Crippen LogP contribution in [-0.4, -0.2) is 4.57 Å². The zero-order valence-electron chi connectivity index (χ0n) is 10.7. The van der Waals surface area contributed by atoms with E-state index in [4.69, 9.17) is 0 Å². The van der Waals surface area contributed by atoms with Crippen molar-refractivity contribution in [3.8, 4) is 0 Å². The van der Waals surface area contributed by atoms with Gasteiger partial charge in [0.25, 0.3) is 0 Å². The van der Waals surface area contributed by atoms with Gasteiger partial charge < -0.3 is 4.57 Å². The van der Waals surface area contributed by atoms with Gasteiger partial charge in [0, 0.05) is 18.9 Å². The lowest BCUT2D eigenvalue weighted by Gasteiger charge is -1.89. The maximum absolute atomic E-state index is 2.08. The van der Waals surface area contributed by atoms with Gasteiger partial charge in [-0.25, -0.2) is 0 Å². The van der Waals surface area contributed by atoms with Crippen molar-refractivity contribution in [3.63, 3.8) is 0 Å². The van der Waals surface area contributed by atoms with Crippen LogP contribution < -0.4 is 0 Å². The summed E-state index contributed by atoms with van der Waals surface area (Å²) in [6, 6.07) is 4.12. The van der Waals surface area contributed by atoms with Crippen molar-refractivity contribution in [2.24, 2.45) is 7.05 Å². The van der Waals surface area contributed by atoms with Crippen LogP contribution in [0.2, 0.25) is 0 Å². The molecule has 13 heavy (non-hydrogen) atoms. The molecule has 0 aliphatic heterocycles. The Morgan fingerprint density at radius 2 is 1.31 bits per heavy atom. The van der Waals surface area contributed by atoms with E-state index in [0.29, 0.717) is 0 Å². The molecule has 0 aromatic carbocycles. The predicted molar refractivity (Wildman–Crippen MR) is 64.2 cm³/mol. The van der Waals surface area contributed by atoms with Crippen LogP contribution in [-0.2, 0) is 7.05 Å². The normalized spacial score (nSPS) is 6.46. The molecule has 0 unspecified atom stereocenters. The molecule has 0 N–H and O–H groups in total. The molecule has 0 radical (unpaired) electrons. The Hall–Kier alpha value is -0.720. The van der Waals surface area contributed by atoms with Crippen LogP contribution in [0.1, 0.15) is 47.2 Å². The molecule has 0 aliphatic rings. The third-order valence-electron chi connectivity index (χ3n) is 1.20. The van der Waals surface area contributed by atoms with Gasteiger partial charge in [0.2, 0.25) is 0 Å². The lowest BCUT2D eigenvalue weighted by Crippen LogP contribution is -1.84. The van der Waals surface area contributed by atoms with Gasteiger partial charge in [0.05, 0.1) is 0 Å². The van der Waals surface area contributed by atoms with E-state index in [0.717, 1.165) is 0 Å². The van der Waals surface area contributed by atoms with E-state index >= 15 is 0 Å². The Bertz CT molecular complexity index is 137. The maximum atomic E-state index is 2.08. The Balaban J connectivity index is -0.000000144. The summed E-state index contributed by atoms with van der Waals surface area (Å²) in [5.74, 6) is 0. The van der Waals surface area contributed by atoms with Crippen LogP contribution >= 0.6 is 0 Å². The van der Waals surface area contributed by atoms with Gasteiger partial charge in [0.15, 0.2) is 0 Å². The van der Waals surface area contributed by atoms with Gasteiger partial charge in [0.1, 0.15) is 0 Å². The molecule has 0 amide bonds. The van der Waals surface area contributed by atoms with E-state index in [2.05, 4.69) is 17.6 Å². The van der Waals surface area contributed by atoms with Crippen molar-refractivity contribution in [1.82, 2.24) is 4.57 Å². The first kappa shape index (κ1) is 18.1. The monoisotopic (exact) mass is 185 g/mol. The lowest BCUT2D eigenvalue weighted by molar-refractivity contribution is 0.882. The average molecular weight is 185 g/mol. The Morgan fingerprint density at radius 1 is 0.923 bits per heavy atom. The molecule has 0 saturated heterocycles. The molecular weight excluding hydrogens is 158 g/mol. The summed E-state index contributed by atoms with van der Waals surface area (Å²) in [6.07, 6.45) is 2.04. The fourth-order valence-electron chi connectivity index (χ4n) is 0.547. The first-order chi connectivity index (χ1) is 6.30. The van der Waals surface area contributed by atoms with Gasteiger partial charge in [-0.05, 0) is 19.1 Å². The lowest BCUT2D eigenvalue weighted by atomic mass is 10.5. The van der Waals surface area contributed by atoms with Crippen molar-refractivity contribution in [3.05, 3.63) is 24.0 Å². The van der Waals surface area contributed by atoms with Crippen LogP contribution in [0, 0.1) is 6.92 Å². The summed E-state index contributed by atoms with van der Waals surface area (Å²) < 4.78 is 2.08. The van der Waals surface area contributed by atoms with Crippen molar-refractivity contribution in [2.45, 2.75) is 48.5 Å². The van der Waals surface area contributed by atoms with Crippen molar-refractivity contribution >= 4 is 0 Å². The van der Waals surface area contributed by atoms with E-state index in [9.17, 15) is 0 Å². The molecule has 0 bridgehead atoms. The second-order valence-electron chi connectivity index (χ2n) is 1.76. The molecule has 1 nitrogen and oxygen atoms in total. The summed E-state index contributed by atoms with van der Waals surface area (Å²) in [5.41, 5.74) is 1.31. The van der Waals surface area contributed by atoms with Crippen LogP contribution in [0.5, 0.6) is 0 Å². The van der Waals surface area contributed by atoms with Crippen molar-refractivity contribution in [2.75, 3.05) is 0 Å². The second kappa shape index (κ2) is 17.4. The maximum Gasteiger partial charge on any atom is 0.0140 e. The molecule has 0 fully saturated rings. The highest BCUT2D eigenvalue weighted by Gasteiger charge is 1.81. The molecule has 1 aromatic rings. The highest BCUT2D eigenvalue weighted by molar-refractivity contribution is 5.02. The van der Waals surface area contributed by atoms with Gasteiger partial charge in [-0.2, -0.15) is 0 Å². The molecular formula is C12H27N. The molecule has 0 aliphatic carbocycles. The fourth-order valence-corrected chi connectivity index (χ4v) is 0.547. The Morgan fingerprint density at radius 3 is 1.38 bits per heavy atom. The minimum absolute atomic E-state index is 1.31. The third-order valence-corrected chi connectivity index (χ3v) is 1.20. The summed E-state index contributed by atoms with van der Waals surface area (Å²) in [5, 5.41) is 0. The van der Waals surface area contributed by atoms with E-state index in [1.807, 2.05) is 60.9 Å². The number of aromatic nitrogens is 1. The fraction of sp³-hybridized carbons (Fsp3) is 0.667. The van der Waals surface area contributed by atoms with Gasteiger partial charge >= 0.3 is 0 Å². The van der Waals surface area contributed by atoms with Gasteiger partial charge in [-0.15, -0.1) is 0 Å². The molecule has 0 atom stereocenters. The van der Waals surface area contributed by atoms with Crippen LogP contribution in [0.25, 0.3) is 0 Å². The molecule has 1 rings (SSSR count). The summed E-state index contributed by atoms with van der Waals surface area (Å²) >= 11 is 0. The third kappa shape index (κ3) is 11.3. The van der Waals surface area contributed by atoms with E-state index in [1.165, 1.54) is 5.69 Å². The molecule has 0 saturated carbocycles. The first-order valence-electron chi connectivity index (χ1n) is 5.38. The minimum atomic E-state index is 1.31. The predicted octanol–water partition coefficient (Wildman–Crippen LogP) is 4.41. The van der Waals surface area contributed by atoms with Crippen LogP contribution in [0.3, 0.4) is 0 Å². The number of rotatable bonds is 0. The number of nitrogens with zero attached hydrogens (tertiary/aromatic N) is 1. The summed E-state index contributed by atoms with van der Waals surface area (Å²) in [4.78, 5) is 0. The Kier molecular flexibility index (Phi) is 24.3. The van der Waals surface area contributed by atoms with E-state index < -0.39 is 0 Å². The number of hydrogen-bond acceptors (Lipinski definition) is 0. The topological polar surface area (TPSA) is 4.93 Å². The standard InChI is InChI=1S/C6H9N.3C2H6/c1-6-4-3-5-7(6)2;3*1-2/h3-5H,1-2H3;3*1-2H3. The molecule has 1 heterocycles. The average Bonchev–Trinajstić information content (AvgIpc) is 2.61.